The second-order valence-electron chi connectivity index (χ2n) is 3.61. The molecule has 0 aromatic heterocycles. The van der Waals surface area contributed by atoms with E-state index in [0.717, 1.165) is 12.0 Å². The van der Waals surface area contributed by atoms with Crippen LogP contribution in [0.2, 0.25) is 0 Å². The Hall–Kier alpha value is -0.0400. The molecule has 0 rings (SSSR count). The summed E-state index contributed by atoms with van der Waals surface area (Å²) in [6.07, 6.45) is 6.65. The van der Waals surface area contributed by atoms with Crippen molar-refractivity contribution in [3.63, 3.8) is 0 Å². The van der Waals surface area contributed by atoms with Gasteiger partial charge < -0.3 is 5.32 Å². The molecule has 1 nitrogen and oxygen atoms in total. The Kier molecular flexibility index (Phi) is 7.58. The lowest BCUT2D eigenvalue weighted by Gasteiger charge is -2.24. The summed E-state index contributed by atoms with van der Waals surface area (Å²) < 4.78 is 0. The first-order valence-electron chi connectivity index (χ1n) is 5.47. The molecule has 74 valence electrons. The standard InChI is InChI=1S/C11H25N/c1-5-8-9-11(12-4)10(6-2)7-3/h10-12H,5-9H2,1-4H3. The summed E-state index contributed by atoms with van der Waals surface area (Å²) in [5, 5.41) is 3.44. The second kappa shape index (κ2) is 7.60. The minimum atomic E-state index is 0.750. The van der Waals surface area contributed by atoms with E-state index in [-0.39, 0.29) is 0 Å². The zero-order valence-electron chi connectivity index (χ0n) is 9.19. The van der Waals surface area contributed by atoms with Crippen LogP contribution in [-0.4, -0.2) is 13.1 Å². The molecule has 0 fully saturated rings. The van der Waals surface area contributed by atoms with Crippen LogP contribution in [0.1, 0.15) is 52.9 Å². The van der Waals surface area contributed by atoms with Crippen LogP contribution in [-0.2, 0) is 0 Å². The van der Waals surface area contributed by atoms with Gasteiger partial charge in [-0.25, -0.2) is 0 Å². The van der Waals surface area contributed by atoms with Gasteiger partial charge in [0.15, 0.2) is 0 Å². The molecule has 0 aliphatic heterocycles. The van der Waals surface area contributed by atoms with E-state index in [1.807, 2.05) is 0 Å². The molecule has 0 radical (unpaired) electrons. The molecule has 1 heteroatoms. The first-order chi connectivity index (χ1) is 5.79. The van der Waals surface area contributed by atoms with E-state index in [2.05, 4.69) is 33.1 Å². The fraction of sp³-hybridized carbons (Fsp3) is 1.00. The van der Waals surface area contributed by atoms with Crippen molar-refractivity contribution in [2.45, 2.75) is 58.9 Å². The van der Waals surface area contributed by atoms with Crippen molar-refractivity contribution in [1.29, 1.82) is 0 Å². The van der Waals surface area contributed by atoms with E-state index in [4.69, 9.17) is 0 Å². The Morgan fingerprint density at radius 3 is 2.00 bits per heavy atom. The van der Waals surface area contributed by atoms with Gasteiger partial charge in [-0.2, -0.15) is 0 Å². The lowest BCUT2D eigenvalue weighted by Crippen LogP contribution is -2.32. The van der Waals surface area contributed by atoms with E-state index < -0.39 is 0 Å². The monoisotopic (exact) mass is 171 g/mol. The molecule has 0 spiro atoms. The van der Waals surface area contributed by atoms with Gasteiger partial charge in [-0.3, -0.25) is 0 Å². The minimum absolute atomic E-state index is 0.750. The first-order valence-corrected chi connectivity index (χ1v) is 5.47. The van der Waals surface area contributed by atoms with Gasteiger partial charge in [0.1, 0.15) is 0 Å². The zero-order chi connectivity index (χ0) is 9.40. The van der Waals surface area contributed by atoms with Crippen molar-refractivity contribution in [2.24, 2.45) is 5.92 Å². The van der Waals surface area contributed by atoms with E-state index in [1.54, 1.807) is 0 Å². The molecular weight excluding hydrogens is 146 g/mol. The van der Waals surface area contributed by atoms with Gasteiger partial charge in [0.05, 0.1) is 0 Å². The number of nitrogens with one attached hydrogen (secondary N) is 1. The Morgan fingerprint density at radius 2 is 1.67 bits per heavy atom. The van der Waals surface area contributed by atoms with E-state index >= 15 is 0 Å². The second-order valence-corrected chi connectivity index (χ2v) is 3.61. The van der Waals surface area contributed by atoms with Gasteiger partial charge in [0, 0.05) is 6.04 Å². The predicted molar refractivity (Wildman–Crippen MR) is 56.4 cm³/mol. The predicted octanol–water partition coefficient (Wildman–Crippen LogP) is 3.20. The summed E-state index contributed by atoms with van der Waals surface area (Å²) in [5.74, 6) is 0.876. The third-order valence-electron chi connectivity index (χ3n) is 2.86. The molecule has 1 unspecified atom stereocenters. The van der Waals surface area contributed by atoms with Crippen LogP contribution < -0.4 is 5.32 Å². The van der Waals surface area contributed by atoms with E-state index in [0.29, 0.717) is 0 Å². The first kappa shape index (κ1) is 12.0. The summed E-state index contributed by atoms with van der Waals surface area (Å²) in [6, 6.07) is 0.750. The highest BCUT2D eigenvalue weighted by Crippen LogP contribution is 2.17. The summed E-state index contributed by atoms with van der Waals surface area (Å²) in [4.78, 5) is 0. The third kappa shape index (κ3) is 4.10. The van der Waals surface area contributed by atoms with Crippen LogP contribution in [0.25, 0.3) is 0 Å². The van der Waals surface area contributed by atoms with Crippen molar-refractivity contribution in [3.8, 4) is 0 Å². The Morgan fingerprint density at radius 1 is 1.08 bits per heavy atom. The quantitative estimate of drug-likeness (QED) is 0.620. The molecule has 0 aromatic carbocycles. The van der Waals surface area contributed by atoms with Crippen molar-refractivity contribution in [3.05, 3.63) is 0 Å². The molecule has 1 N–H and O–H groups in total. The molecule has 1 atom stereocenters. The number of hydrogen-bond acceptors (Lipinski definition) is 1. The Balaban J connectivity index is 3.75. The van der Waals surface area contributed by atoms with E-state index in [1.165, 1.54) is 32.1 Å². The maximum Gasteiger partial charge on any atom is 0.00921 e. The largest absolute Gasteiger partial charge is 0.317 e. The van der Waals surface area contributed by atoms with Crippen LogP contribution in [0, 0.1) is 5.92 Å². The highest BCUT2D eigenvalue weighted by atomic mass is 14.9. The maximum atomic E-state index is 3.44. The smallest absolute Gasteiger partial charge is 0.00921 e. The van der Waals surface area contributed by atoms with Crippen molar-refractivity contribution >= 4 is 0 Å². The van der Waals surface area contributed by atoms with Crippen LogP contribution in [0.4, 0.5) is 0 Å². The molecule has 12 heavy (non-hydrogen) atoms. The number of hydrogen-bond donors (Lipinski definition) is 1. The lowest BCUT2D eigenvalue weighted by atomic mass is 9.91. The summed E-state index contributed by atoms with van der Waals surface area (Å²) in [7, 11) is 2.10. The van der Waals surface area contributed by atoms with Gasteiger partial charge in [-0.05, 0) is 19.4 Å². The molecule has 0 aromatic rings. The van der Waals surface area contributed by atoms with Crippen LogP contribution in [0.15, 0.2) is 0 Å². The summed E-state index contributed by atoms with van der Waals surface area (Å²) in [5.41, 5.74) is 0. The highest BCUT2D eigenvalue weighted by Gasteiger charge is 2.14. The molecule has 0 bridgehead atoms. The minimum Gasteiger partial charge on any atom is -0.317 e. The average molecular weight is 171 g/mol. The zero-order valence-corrected chi connectivity index (χ0v) is 9.19. The molecule has 0 aliphatic rings. The van der Waals surface area contributed by atoms with Crippen LogP contribution >= 0.6 is 0 Å². The van der Waals surface area contributed by atoms with Crippen molar-refractivity contribution in [2.75, 3.05) is 7.05 Å². The Labute approximate surface area is 77.9 Å². The third-order valence-corrected chi connectivity index (χ3v) is 2.86. The fourth-order valence-electron chi connectivity index (χ4n) is 1.90. The molecule has 0 saturated heterocycles. The summed E-state index contributed by atoms with van der Waals surface area (Å²) >= 11 is 0. The van der Waals surface area contributed by atoms with Gasteiger partial charge in [0.25, 0.3) is 0 Å². The normalized spacial score (nSPS) is 13.8. The van der Waals surface area contributed by atoms with Gasteiger partial charge in [-0.1, -0.05) is 46.5 Å². The molecule has 0 aliphatic carbocycles. The molecule has 0 heterocycles. The topological polar surface area (TPSA) is 12.0 Å². The van der Waals surface area contributed by atoms with Crippen LogP contribution in [0.3, 0.4) is 0 Å². The molecule has 0 saturated carbocycles. The highest BCUT2D eigenvalue weighted by molar-refractivity contribution is 4.72. The fourth-order valence-corrected chi connectivity index (χ4v) is 1.90. The molecular formula is C11H25N. The van der Waals surface area contributed by atoms with Crippen LogP contribution in [0.5, 0.6) is 0 Å². The van der Waals surface area contributed by atoms with Gasteiger partial charge in [-0.15, -0.1) is 0 Å². The van der Waals surface area contributed by atoms with Crippen molar-refractivity contribution in [1.82, 2.24) is 5.32 Å². The Bertz CT molecular complexity index is 87.0. The van der Waals surface area contributed by atoms with Crippen molar-refractivity contribution < 1.29 is 0 Å². The lowest BCUT2D eigenvalue weighted by molar-refractivity contribution is 0.328. The van der Waals surface area contributed by atoms with Gasteiger partial charge in [0.2, 0.25) is 0 Å². The number of rotatable bonds is 7. The SMILES string of the molecule is CCCCC(NC)C(CC)CC. The molecule has 0 amide bonds. The van der Waals surface area contributed by atoms with E-state index in [9.17, 15) is 0 Å². The van der Waals surface area contributed by atoms with Gasteiger partial charge >= 0.3 is 0 Å². The number of unbranched alkanes of at least 4 members (excludes halogenated alkanes) is 1. The average Bonchev–Trinajstić information content (AvgIpc) is 2.12. The summed E-state index contributed by atoms with van der Waals surface area (Å²) in [6.45, 7) is 6.86. The maximum absolute atomic E-state index is 3.44.